The van der Waals surface area contributed by atoms with Crippen LogP contribution < -0.4 is 5.32 Å². The van der Waals surface area contributed by atoms with E-state index >= 15 is 0 Å². The molecule has 88 valence electrons. The maximum Gasteiger partial charge on any atom is 0.251 e. The number of hydrogen-bond donors (Lipinski definition) is 1. The quantitative estimate of drug-likeness (QED) is 0.886. The van der Waals surface area contributed by atoms with Crippen LogP contribution in [0, 0.1) is 6.92 Å². The van der Waals surface area contributed by atoms with Crippen LogP contribution in [0.15, 0.2) is 28.4 Å². The summed E-state index contributed by atoms with van der Waals surface area (Å²) in [6.07, 6.45) is 1.59. The van der Waals surface area contributed by atoms with Gasteiger partial charge in [0, 0.05) is 16.6 Å². The Labute approximate surface area is 111 Å². The van der Waals surface area contributed by atoms with Crippen molar-refractivity contribution in [3.8, 4) is 0 Å². The summed E-state index contributed by atoms with van der Waals surface area (Å²) in [4.78, 5) is 21.0. The fourth-order valence-corrected chi connectivity index (χ4v) is 2.38. The van der Waals surface area contributed by atoms with Gasteiger partial charge in [0.2, 0.25) is 0 Å². The van der Waals surface area contributed by atoms with E-state index in [2.05, 4.69) is 31.2 Å². The van der Waals surface area contributed by atoms with Crippen molar-refractivity contribution in [1.29, 1.82) is 0 Å². The van der Waals surface area contributed by atoms with Gasteiger partial charge in [-0.05, 0) is 35.0 Å². The lowest BCUT2D eigenvalue weighted by Crippen LogP contribution is -2.22. The Morgan fingerprint density at radius 1 is 1.53 bits per heavy atom. The second-order valence-corrected chi connectivity index (χ2v) is 5.16. The molecule has 2 rings (SSSR count). The number of nitrogens with one attached hydrogen (secondary N) is 1. The van der Waals surface area contributed by atoms with E-state index < -0.39 is 0 Å². The normalized spacial score (nSPS) is 10.2. The Hall–Kier alpha value is -1.27. The number of pyridine rings is 1. The summed E-state index contributed by atoms with van der Waals surface area (Å²) >= 11 is 4.78. The average molecular weight is 312 g/mol. The molecule has 0 aliphatic heterocycles. The number of thiazole rings is 1. The second kappa shape index (κ2) is 5.37. The van der Waals surface area contributed by atoms with Gasteiger partial charge < -0.3 is 5.32 Å². The molecule has 6 heteroatoms. The van der Waals surface area contributed by atoms with E-state index in [9.17, 15) is 4.79 Å². The number of aromatic nitrogens is 2. The van der Waals surface area contributed by atoms with E-state index in [1.165, 1.54) is 0 Å². The first-order valence-electron chi connectivity index (χ1n) is 4.95. The Balaban J connectivity index is 2.01. The number of rotatable bonds is 3. The number of amides is 1. The highest BCUT2D eigenvalue weighted by Crippen LogP contribution is 2.12. The van der Waals surface area contributed by atoms with Crippen LogP contribution in [0.4, 0.5) is 0 Å². The molecular weight excluding hydrogens is 302 g/mol. The van der Waals surface area contributed by atoms with E-state index in [0.29, 0.717) is 16.7 Å². The SMILES string of the molecule is Cc1ncsc1CNC(=O)c1ccnc(Br)c1. The molecule has 1 N–H and O–H groups in total. The average Bonchev–Trinajstić information content (AvgIpc) is 2.72. The van der Waals surface area contributed by atoms with Crippen molar-refractivity contribution in [2.24, 2.45) is 0 Å². The third-order valence-electron chi connectivity index (χ3n) is 2.24. The van der Waals surface area contributed by atoms with Gasteiger partial charge in [0.05, 0.1) is 17.7 Å². The maximum absolute atomic E-state index is 11.8. The zero-order valence-electron chi connectivity index (χ0n) is 9.11. The zero-order valence-corrected chi connectivity index (χ0v) is 11.5. The van der Waals surface area contributed by atoms with E-state index in [4.69, 9.17) is 0 Å². The fraction of sp³-hybridized carbons (Fsp3) is 0.182. The van der Waals surface area contributed by atoms with Crippen LogP contribution in [0.5, 0.6) is 0 Å². The van der Waals surface area contributed by atoms with Crippen LogP contribution in [0.1, 0.15) is 20.9 Å². The molecular formula is C11H10BrN3OS. The van der Waals surface area contributed by atoms with Gasteiger partial charge in [-0.1, -0.05) is 0 Å². The van der Waals surface area contributed by atoms with E-state index in [1.807, 2.05) is 6.92 Å². The van der Waals surface area contributed by atoms with E-state index in [0.717, 1.165) is 10.6 Å². The van der Waals surface area contributed by atoms with Gasteiger partial charge in [-0.3, -0.25) is 4.79 Å². The second-order valence-electron chi connectivity index (χ2n) is 3.41. The molecule has 0 aromatic carbocycles. The first-order chi connectivity index (χ1) is 8.16. The van der Waals surface area contributed by atoms with E-state index in [-0.39, 0.29) is 5.91 Å². The molecule has 0 aliphatic carbocycles. The third kappa shape index (κ3) is 3.10. The Kier molecular flexibility index (Phi) is 3.86. The minimum absolute atomic E-state index is 0.110. The van der Waals surface area contributed by atoms with Crippen LogP contribution in [0.3, 0.4) is 0 Å². The number of carbonyl (C=O) groups excluding carboxylic acids is 1. The molecule has 0 atom stereocenters. The third-order valence-corrected chi connectivity index (χ3v) is 3.61. The van der Waals surface area contributed by atoms with Gasteiger partial charge in [0.25, 0.3) is 5.91 Å². The summed E-state index contributed by atoms with van der Waals surface area (Å²) in [5, 5.41) is 2.85. The van der Waals surface area contributed by atoms with Crippen molar-refractivity contribution in [3.05, 3.63) is 44.6 Å². The van der Waals surface area contributed by atoms with Crippen LogP contribution in [-0.2, 0) is 6.54 Å². The van der Waals surface area contributed by atoms with Gasteiger partial charge in [-0.15, -0.1) is 11.3 Å². The molecule has 0 radical (unpaired) electrons. The number of carbonyl (C=O) groups is 1. The maximum atomic E-state index is 11.8. The minimum atomic E-state index is -0.110. The van der Waals surface area contributed by atoms with Gasteiger partial charge >= 0.3 is 0 Å². The van der Waals surface area contributed by atoms with Crippen molar-refractivity contribution in [1.82, 2.24) is 15.3 Å². The van der Waals surface area contributed by atoms with Crippen molar-refractivity contribution in [2.75, 3.05) is 0 Å². The highest BCUT2D eigenvalue weighted by molar-refractivity contribution is 9.10. The molecule has 2 aromatic rings. The van der Waals surface area contributed by atoms with E-state index in [1.54, 1.807) is 35.2 Å². The number of halogens is 1. The Morgan fingerprint density at radius 3 is 3.00 bits per heavy atom. The highest BCUT2D eigenvalue weighted by atomic mass is 79.9. The summed E-state index contributed by atoms with van der Waals surface area (Å²) in [6.45, 7) is 2.44. The van der Waals surface area contributed by atoms with Crippen LogP contribution in [0.2, 0.25) is 0 Å². The molecule has 0 spiro atoms. The molecule has 4 nitrogen and oxygen atoms in total. The predicted molar refractivity (Wildman–Crippen MR) is 70.0 cm³/mol. The summed E-state index contributed by atoms with van der Waals surface area (Å²) in [7, 11) is 0. The number of aryl methyl sites for hydroxylation is 1. The molecule has 0 unspecified atom stereocenters. The minimum Gasteiger partial charge on any atom is -0.347 e. The van der Waals surface area contributed by atoms with Crippen molar-refractivity contribution >= 4 is 33.2 Å². The monoisotopic (exact) mass is 311 g/mol. The lowest BCUT2D eigenvalue weighted by Gasteiger charge is -2.04. The molecule has 0 bridgehead atoms. The lowest BCUT2D eigenvalue weighted by molar-refractivity contribution is 0.0951. The molecule has 0 fully saturated rings. The molecule has 0 saturated heterocycles. The first-order valence-corrected chi connectivity index (χ1v) is 6.63. The van der Waals surface area contributed by atoms with Crippen LogP contribution >= 0.6 is 27.3 Å². The molecule has 0 aliphatic rings. The lowest BCUT2D eigenvalue weighted by atomic mass is 10.2. The summed E-state index contributed by atoms with van der Waals surface area (Å²) < 4.78 is 0.652. The molecule has 17 heavy (non-hydrogen) atoms. The summed E-state index contributed by atoms with van der Waals surface area (Å²) in [6, 6.07) is 3.37. The Morgan fingerprint density at radius 2 is 2.35 bits per heavy atom. The van der Waals surface area contributed by atoms with Gasteiger partial charge in [-0.25, -0.2) is 9.97 Å². The largest absolute Gasteiger partial charge is 0.347 e. The first kappa shape index (κ1) is 12.2. The van der Waals surface area contributed by atoms with Crippen LogP contribution in [0.25, 0.3) is 0 Å². The zero-order chi connectivity index (χ0) is 12.3. The predicted octanol–water partition coefficient (Wildman–Crippen LogP) is 2.54. The fourth-order valence-electron chi connectivity index (χ4n) is 1.30. The Bertz CT molecular complexity index is 541. The van der Waals surface area contributed by atoms with Gasteiger partial charge in [0.15, 0.2) is 0 Å². The smallest absolute Gasteiger partial charge is 0.251 e. The standard InChI is InChI=1S/C11H10BrN3OS/c1-7-9(17-6-15-7)5-14-11(16)8-2-3-13-10(12)4-8/h2-4,6H,5H2,1H3,(H,14,16). The molecule has 2 heterocycles. The van der Waals surface area contributed by atoms with Gasteiger partial charge in [-0.2, -0.15) is 0 Å². The van der Waals surface area contributed by atoms with Crippen molar-refractivity contribution < 1.29 is 4.79 Å². The molecule has 2 aromatic heterocycles. The molecule has 1 amide bonds. The van der Waals surface area contributed by atoms with Crippen molar-refractivity contribution in [3.63, 3.8) is 0 Å². The highest BCUT2D eigenvalue weighted by Gasteiger charge is 2.07. The topological polar surface area (TPSA) is 54.9 Å². The number of hydrogen-bond acceptors (Lipinski definition) is 4. The van der Waals surface area contributed by atoms with Gasteiger partial charge in [0.1, 0.15) is 4.60 Å². The summed E-state index contributed by atoms with van der Waals surface area (Å²) in [5.41, 5.74) is 3.33. The summed E-state index contributed by atoms with van der Waals surface area (Å²) in [5.74, 6) is -0.110. The molecule has 0 saturated carbocycles. The van der Waals surface area contributed by atoms with Crippen molar-refractivity contribution in [2.45, 2.75) is 13.5 Å². The number of nitrogens with zero attached hydrogens (tertiary/aromatic N) is 2. The van der Waals surface area contributed by atoms with Crippen LogP contribution in [-0.4, -0.2) is 15.9 Å².